The van der Waals surface area contributed by atoms with Crippen LogP contribution < -0.4 is 9.62 Å². The smallest absolute Gasteiger partial charge is 0.254 e. The SMILES string of the molecule is CCCCNS(=O)(=O)c1cccc(C(=O)N2CCN(c3cccc(C)c3C)CC2)c1. The van der Waals surface area contributed by atoms with Crippen LogP contribution in [0.4, 0.5) is 5.69 Å². The second-order valence-corrected chi connectivity index (χ2v) is 9.54. The van der Waals surface area contributed by atoms with Crippen LogP contribution in [0.25, 0.3) is 0 Å². The van der Waals surface area contributed by atoms with Gasteiger partial charge in [0.05, 0.1) is 4.90 Å². The van der Waals surface area contributed by atoms with Crippen molar-refractivity contribution in [2.75, 3.05) is 37.6 Å². The van der Waals surface area contributed by atoms with Crippen LogP contribution in [0, 0.1) is 13.8 Å². The molecule has 0 aliphatic carbocycles. The van der Waals surface area contributed by atoms with Crippen LogP contribution in [-0.4, -0.2) is 51.9 Å². The molecule has 1 fully saturated rings. The third kappa shape index (κ3) is 5.02. The van der Waals surface area contributed by atoms with Crippen molar-refractivity contribution < 1.29 is 13.2 Å². The highest BCUT2D eigenvalue weighted by Crippen LogP contribution is 2.24. The number of nitrogens with zero attached hydrogens (tertiary/aromatic N) is 2. The fraction of sp³-hybridized carbons (Fsp3) is 0.435. The number of hydrogen-bond acceptors (Lipinski definition) is 4. The number of nitrogens with one attached hydrogen (secondary N) is 1. The van der Waals surface area contributed by atoms with Crippen molar-refractivity contribution in [3.8, 4) is 0 Å². The standard InChI is InChI=1S/C23H31N3O3S/c1-4-5-12-24-30(28,29)21-10-7-9-20(17-21)23(27)26-15-13-25(14-16-26)22-11-6-8-18(2)19(22)3/h6-11,17,24H,4-5,12-16H2,1-3H3. The number of benzene rings is 2. The molecule has 0 atom stereocenters. The number of carbonyl (C=O) groups excluding carboxylic acids is 1. The number of anilines is 1. The van der Waals surface area contributed by atoms with E-state index in [0.717, 1.165) is 25.9 Å². The van der Waals surface area contributed by atoms with Gasteiger partial charge in [-0.3, -0.25) is 4.79 Å². The van der Waals surface area contributed by atoms with E-state index in [-0.39, 0.29) is 10.8 Å². The predicted molar refractivity (Wildman–Crippen MR) is 121 cm³/mol. The lowest BCUT2D eigenvalue weighted by molar-refractivity contribution is 0.0746. The molecule has 0 bridgehead atoms. The lowest BCUT2D eigenvalue weighted by Gasteiger charge is -2.37. The Labute approximate surface area is 179 Å². The maximum atomic E-state index is 13.0. The average molecular weight is 430 g/mol. The zero-order valence-electron chi connectivity index (χ0n) is 18.0. The van der Waals surface area contributed by atoms with E-state index in [0.29, 0.717) is 25.2 Å². The first kappa shape index (κ1) is 22.3. The van der Waals surface area contributed by atoms with Crippen LogP contribution in [0.3, 0.4) is 0 Å². The molecule has 0 unspecified atom stereocenters. The number of unbranched alkanes of at least 4 members (excludes halogenated alkanes) is 1. The van der Waals surface area contributed by atoms with Crippen molar-refractivity contribution in [3.05, 3.63) is 59.2 Å². The molecular formula is C23H31N3O3S. The molecule has 162 valence electrons. The Kier molecular flexibility index (Phi) is 7.15. The molecule has 7 heteroatoms. The molecule has 6 nitrogen and oxygen atoms in total. The molecule has 1 saturated heterocycles. The minimum atomic E-state index is -3.60. The van der Waals surface area contributed by atoms with Crippen LogP contribution in [0.1, 0.15) is 41.3 Å². The largest absolute Gasteiger partial charge is 0.368 e. The monoisotopic (exact) mass is 429 g/mol. The Bertz CT molecular complexity index is 997. The molecule has 0 radical (unpaired) electrons. The van der Waals surface area contributed by atoms with E-state index in [1.807, 2.05) is 6.92 Å². The normalized spacial score (nSPS) is 14.8. The summed E-state index contributed by atoms with van der Waals surface area (Å²) in [6.45, 7) is 9.37. The Morgan fingerprint density at radius 3 is 2.43 bits per heavy atom. The number of carbonyl (C=O) groups is 1. The third-order valence-corrected chi connectivity index (χ3v) is 7.16. The topological polar surface area (TPSA) is 69.7 Å². The molecule has 0 aromatic heterocycles. The molecular weight excluding hydrogens is 398 g/mol. The second kappa shape index (κ2) is 9.62. The molecule has 1 N–H and O–H groups in total. The van der Waals surface area contributed by atoms with E-state index in [1.54, 1.807) is 17.0 Å². The zero-order valence-corrected chi connectivity index (χ0v) is 18.8. The molecule has 3 rings (SSSR count). The summed E-state index contributed by atoms with van der Waals surface area (Å²) in [4.78, 5) is 17.2. The Morgan fingerprint density at radius 1 is 1.03 bits per heavy atom. The van der Waals surface area contributed by atoms with Gasteiger partial charge in [-0.05, 0) is 55.7 Å². The fourth-order valence-electron chi connectivity index (χ4n) is 3.67. The summed E-state index contributed by atoms with van der Waals surface area (Å²) in [5.74, 6) is -0.124. The van der Waals surface area contributed by atoms with Gasteiger partial charge in [-0.2, -0.15) is 0 Å². The Balaban J connectivity index is 1.67. The first-order chi connectivity index (χ1) is 14.3. The molecule has 30 heavy (non-hydrogen) atoms. The second-order valence-electron chi connectivity index (χ2n) is 7.78. The van der Waals surface area contributed by atoms with E-state index in [1.165, 1.54) is 28.9 Å². The van der Waals surface area contributed by atoms with Gasteiger partial charge in [0.1, 0.15) is 0 Å². The van der Waals surface area contributed by atoms with Crippen molar-refractivity contribution in [2.24, 2.45) is 0 Å². The number of amides is 1. The molecule has 1 amide bonds. The highest BCUT2D eigenvalue weighted by molar-refractivity contribution is 7.89. The number of aryl methyl sites for hydroxylation is 1. The number of hydrogen-bond donors (Lipinski definition) is 1. The highest BCUT2D eigenvalue weighted by atomic mass is 32.2. The summed E-state index contributed by atoms with van der Waals surface area (Å²) in [6, 6.07) is 12.6. The van der Waals surface area contributed by atoms with Gasteiger partial charge in [-0.15, -0.1) is 0 Å². The molecule has 0 saturated carbocycles. The van der Waals surface area contributed by atoms with E-state index in [2.05, 4.69) is 41.7 Å². The number of piperazine rings is 1. The van der Waals surface area contributed by atoms with Gasteiger partial charge >= 0.3 is 0 Å². The fourth-order valence-corrected chi connectivity index (χ4v) is 4.79. The van der Waals surface area contributed by atoms with Crippen molar-refractivity contribution in [3.63, 3.8) is 0 Å². The van der Waals surface area contributed by atoms with Crippen molar-refractivity contribution in [1.82, 2.24) is 9.62 Å². The number of rotatable bonds is 7. The van der Waals surface area contributed by atoms with Gasteiger partial charge in [-0.1, -0.05) is 31.5 Å². The van der Waals surface area contributed by atoms with Crippen LogP contribution in [0.2, 0.25) is 0 Å². The van der Waals surface area contributed by atoms with Crippen molar-refractivity contribution in [1.29, 1.82) is 0 Å². The molecule has 1 aliphatic rings. The Hall–Kier alpha value is -2.38. The summed E-state index contributed by atoms with van der Waals surface area (Å²) in [5, 5.41) is 0. The van der Waals surface area contributed by atoms with Crippen LogP contribution in [0.5, 0.6) is 0 Å². The summed E-state index contributed by atoms with van der Waals surface area (Å²) in [6.07, 6.45) is 1.69. The Morgan fingerprint density at radius 2 is 1.73 bits per heavy atom. The average Bonchev–Trinajstić information content (AvgIpc) is 2.75. The highest BCUT2D eigenvalue weighted by Gasteiger charge is 2.24. The van der Waals surface area contributed by atoms with E-state index < -0.39 is 10.0 Å². The van der Waals surface area contributed by atoms with E-state index in [4.69, 9.17) is 0 Å². The van der Waals surface area contributed by atoms with Crippen LogP contribution >= 0.6 is 0 Å². The predicted octanol–water partition coefficient (Wildman–Crippen LogP) is 3.34. The van der Waals surface area contributed by atoms with Crippen LogP contribution in [-0.2, 0) is 10.0 Å². The van der Waals surface area contributed by atoms with Gasteiger partial charge in [0.15, 0.2) is 0 Å². The quantitative estimate of drug-likeness (QED) is 0.686. The summed E-state index contributed by atoms with van der Waals surface area (Å²) in [5.41, 5.74) is 4.16. The van der Waals surface area contributed by atoms with E-state index >= 15 is 0 Å². The first-order valence-electron chi connectivity index (χ1n) is 10.5. The maximum absolute atomic E-state index is 13.0. The van der Waals surface area contributed by atoms with E-state index in [9.17, 15) is 13.2 Å². The van der Waals surface area contributed by atoms with Gasteiger partial charge in [0.2, 0.25) is 10.0 Å². The van der Waals surface area contributed by atoms with Gasteiger partial charge in [0.25, 0.3) is 5.91 Å². The lowest BCUT2D eigenvalue weighted by Crippen LogP contribution is -2.49. The van der Waals surface area contributed by atoms with Crippen molar-refractivity contribution >= 4 is 21.6 Å². The molecule has 2 aromatic carbocycles. The number of sulfonamides is 1. The lowest BCUT2D eigenvalue weighted by atomic mass is 10.1. The minimum Gasteiger partial charge on any atom is -0.368 e. The molecule has 1 heterocycles. The van der Waals surface area contributed by atoms with Gasteiger partial charge < -0.3 is 9.80 Å². The zero-order chi connectivity index (χ0) is 21.7. The van der Waals surface area contributed by atoms with Crippen LogP contribution in [0.15, 0.2) is 47.4 Å². The summed E-state index contributed by atoms with van der Waals surface area (Å²) in [7, 11) is -3.60. The van der Waals surface area contributed by atoms with Crippen molar-refractivity contribution in [2.45, 2.75) is 38.5 Å². The molecule has 0 spiro atoms. The summed E-state index contributed by atoms with van der Waals surface area (Å²) < 4.78 is 27.5. The first-order valence-corrected chi connectivity index (χ1v) is 12.0. The maximum Gasteiger partial charge on any atom is 0.254 e. The van der Waals surface area contributed by atoms with Gasteiger partial charge in [0, 0.05) is 44.0 Å². The molecule has 2 aromatic rings. The van der Waals surface area contributed by atoms with Gasteiger partial charge in [-0.25, -0.2) is 13.1 Å². The summed E-state index contributed by atoms with van der Waals surface area (Å²) >= 11 is 0. The molecule has 1 aliphatic heterocycles. The third-order valence-electron chi connectivity index (χ3n) is 5.70. The minimum absolute atomic E-state index is 0.124.